The molecule has 0 aliphatic heterocycles. The molecule has 0 unspecified atom stereocenters. The Kier molecular flexibility index (Phi) is 5.77. The summed E-state index contributed by atoms with van der Waals surface area (Å²) in [5.74, 6) is 0.926. The van der Waals surface area contributed by atoms with Crippen LogP contribution in [0, 0.1) is 0 Å². The number of benzene rings is 1. The van der Waals surface area contributed by atoms with Crippen LogP contribution in [-0.2, 0) is 7.05 Å². The summed E-state index contributed by atoms with van der Waals surface area (Å²) in [6.45, 7) is 1.30. The van der Waals surface area contributed by atoms with Gasteiger partial charge in [-0.25, -0.2) is 14.3 Å². The monoisotopic (exact) mass is 433 g/mol. The molecule has 0 amide bonds. The fourth-order valence-electron chi connectivity index (χ4n) is 2.50. The molecule has 0 fully saturated rings. The van der Waals surface area contributed by atoms with Gasteiger partial charge in [-0.15, -0.1) is 0 Å². The van der Waals surface area contributed by atoms with Gasteiger partial charge in [0.15, 0.2) is 0 Å². The van der Waals surface area contributed by atoms with Crippen molar-refractivity contribution < 1.29 is 5.11 Å². The molecule has 2 heterocycles. The van der Waals surface area contributed by atoms with Gasteiger partial charge >= 0.3 is 5.69 Å². The topological polar surface area (TPSA) is 123 Å². The van der Waals surface area contributed by atoms with E-state index in [0.29, 0.717) is 36.2 Å². The zero-order valence-corrected chi connectivity index (χ0v) is 16.3. The minimum absolute atomic E-state index is 0.133. The lowest BCUT2D eigenvalue weighted by Gasteiger charge is -2.11. The van der Waals surface area contributed by atoms with Crippen molar-refractivity contribution in [1.82, 2.24) is 19.1 Å². The average molecular weight is 434 g/mol. The first-order chi connectivity index (χ1) is 13.0. The normalized spacial score (nSPS) is 10.8. The SMILES string of the molecule is Cn1cc(O)n(-c2cccc(Nc3ncc(Br)c(NCCCN)n3)c2)c1=O. The average Bonchev–Trinajstić information content (AvgIpc) is 2.90. The molecule has 142 valence electrons. The van der Waals surface area contributed by atoms with Gasteiger partial charge in [-0.05, 0) is 47.1 Å². The maximum absolute atomic E-state index is 12.2. The van der Waals surface area contributed by atoms with E-state index in [2.05, 4.69) is 36.5 Å². The Morgan fingerprint density at radius 2 is 2.19 bits per heavy atom. The van der Waals surface area contributed by atoms with E-state index < -0.39 is 0 Å². The van der Waals surface area contributed by atoms with E-state index in [1.165, 1.54) is 15.3 Å². The molecule has 27 heavy (non-hydrogen) atoms. The van der Waals surface area contributed by atoms with Crippen molar-refractivity contribution in [3.8, 4) is 11.6 Å². The summed E-state index contributed by atoms with van der Waals surface area (Å²) in [6.07, 6.45) is 3.84. The number of halogens is 1. The van der Waals surface area contributed by atoms with E-state index in [9.17, 15) is 9.90 Å². The molecular weight excluding hydrogens is 414 g/mol. The number of nitrogens with zero attached hydrogens (tertiary/aromatic N) is 4. The fraction of sp³-hybridized carbons (Fsp3) is 0.235. The van der Waals surface area contributed by atoms with Gasteiger partial charge in [0, 0.05) is 25.5 Å². The predicted octanol–water partition coefficient (Wildman–Crippen LogP) is 1.94. The number of hydrogen-bond acceptors (Lipinski definition) is 7. The van der Waals surface area contributed by atoms with Crippen LogP contribution in [0.2, 0.25) is 0 Å². The van der Waals surface area contributed by atoms with Crippen LogP contribution >= 0.6 is 15.9 Å². The van der Waals surface area contributed by atoms with Crippen molar-refractivity contribution in [2.24, 2.45) is 12.8 Å². The number of nitrogens with one attached hydrogen (secondary N) is 2. The Balaban J connectivity index is 1.84. The summed E-state index contributed by atoms with van der Waals surface area (Å²) < 4.78 is 3.28. The molecule has 0 atom stereocenters. The zero-order valence-electron chi connectivity index (χ0n) is 14.7. The van der Waals surface area contributed by atoms with Gasteiger partial charge in [-0.3, -0.25) is 4.57 Å². The third-order valence-electron chi connectivity index (χ3n) is 3.81. The highest BCUT2D eigenvalue weighted by molar-refractivity contribution is 9.10. The van der Waals surface area contributed by atoms with E-state index in [-0.39, 0.29) is 11.6 Å². The number of nitrogens with two attached hydrogens (primary N) is 1. The maximum Gasteiger partial charge on any atom is 0.335 e. The third-order valence-corrected chi connectivity index (χ3v) is 4.39. The Morgan fingerprint density at radius 1 is 1.37 bits per heavy atom. The Labute approximate surface area is 164 Å². The number of rotatable bonds is 7. The van der Waals surface area contributed by atoms with Gasteiger partial charge in [0.2, 0.25) is 11.8 Å². The first kappa shape index (κ1) is 18.9. The summed E-state index contributed by atoms with van der Waals surface area (Å²) in [7, 11) is 1.58. The van der Waals surface area contributed by atoms with Gasteiger partial charge in [0.1, 0.15) is 5.82 Å². The standard InChI is InChI=1S/C17H20BrN7O2/c1-24-10-14(26)25(17(24)27)12-5-2-4-11(8-12)22-16-21-9-13(18)15(23-16)20-7-3-6-19/h2,4-5,8-10,26H,3,6-7,19H2,1H3,(H2,20,21,22,23). The maximum atomic E-state index is 12.2. The molecule has 3 aromatic rings. The second kappa shape index (κ2) is 8.23. The molecule has 0 saturated heterocycles. The van der Waals surface area contributed by atoms with Crippen LogP contribution in [0.3, 0.4) is 0 Å². The number of anilines is 3. The van der Waals surface area contributed by atoms with Crippen LogP contribution in [0.1, 0.15) is 6.42 Å². The number of aryl methyl sites for hydroxylation is 1. The second-order valence-corrected chi connectivity index (χ2v) is 6.71. The lowest BCUT2D eigenvalue weighted by molar-refractivity contribution is 0.441. The fourth-order valence-corrected chi connectivity index (χ4v) is 2.83. The molecule has 0 radical (unpaired) electrons. The molecule has 0 saturated carbocycles. The van der Waals surface area contributed by atoms with E-state index in [0.717, 1.165) is 10.9 Å². The van der Waals surface area contributed by atoms with Crippen LogP contribution < -0.4 is 22.1 Å². The Morgan fingerprint density at radius 3 is 2.89 bits per heavy atom. The minimum atomic E-state index is -0.337. The number of aromatic nitrogens is 4. The van der Waals surface area contributed by atoms with Crippen LogP contribution in [0.4, 0.5) is 17.5 Å². The summed E-state index contributed by atoms with van der Waals surface area (Å²) >= 11 is 3.41. The zero-order chi connectivity index (χ0) is 19.4. The van der Waals surface area contributed by atoms with Crippen molar-refractivity contribution in [2.75, 3.05) is 23.7 Å². The smallest absolute Gasteiger partial charge is 0.335 e. The summed E-state index contributed by atoms with van der Waals surface area (Å²) in [4.78, 5) is 20.9. The lowest BCUT2D eigenvalue weighted by atomic mass is 10.2. The molecule has 10 heteroatoms. The molecule has 9 nitrogen and oxygen atoms in total. The van der Waals surface area contributed by atoms with Gasteiger partial charge in [-0.2, -0.15) is 4.98 Å². The van der Waals surface area contributed by atoms with Crippen LogP contribution in [0.5, 0.6) is 5.88 Å². The van der Waals surface area contributed by atoms with Crippen LogP contribution in [0.15, 0.2) is 45.9 Å². The van der Waals surface area contributed by atoms with Crippen molar-refractivity contribution in [3.05, 3.63) is 51.6 Å². The number of hydrogen-bond donors (Lipinski definition) is 4. The molecule has 1 aromatic carbocycles. The molecule has 0 spiro atoms. The van der Waals surface area contributed by atoms with Crippen molar-refractivity contribution >= 4 is 33.4 Å². The highest BCUT2D eigenvalue weighted by Crippen LogP contribution is 2.23. The van der Waals surface area contributed by atoms with Gasteiger partial charge < -0.3 is 21.5 Å². The first-order valence-corrected chi connectivity index (χ1v) is 9.10. The van der Waals surface area contributed by atoms with Crippen LogP contribution in [0.25, 0.3) is 5.69 Å². The molecule has 2 aromatic heterocycles. The predicted molar refractivity (Wildman–Crippen MR) is 108 cm³/mol. The summed E-state index contributed by atoms with van der Waals surface area (Å²) in [5.41, 5.74) is 6.38. The largest absolute Gasteiger partial charge is 0.493 e. The highest BCUT2D eigenvalue weighted by Gasteiger charge is 2.11. The van der Waals surface area contributed by atoms with Gasteiger partial charge in [-0.1, -0.05) is 6.07 Å². The van der Waals surface area contributed by atoms with Crippen molar-refractivity contribution in [2.45, 2.75) is 6.42 Å². The van der Waals surface area contributed by atoms with Gasteiger partial charge in [0.25, 0.3) is 0 Å². The van der Waals surface area contributed by atoms with Crippen LogP contribution in [-0.4, -0.2) is 37.3 Å². The lowest BCUT2D eigenvalue weighted by Crippen LogP contribution is -2.20. The van der Waals surface area contributed by atoms with Gasteiger partial charge in [0.05, 0.1) is 16.4 Å². The third kappa shape index (κ3) is 4.29. The summed E-state index contributed by atoms with van der Waals surface area (Å²) in [5, 5.41) is 16.3. The van der Waals surface area contributed by atoms with E-state index in [4.69, 9.17) is 5.73 Å². The second-order valence-electron chi connectivity index (χ2n) is 5.85. The van der Waals surface area contributed by atoms with E-state index in [1.807, 2.05) is 6.07 Å². The van der Waals surface area contributed by atoms with Crippen molar-refractivity contribution in [3.63, 3.8) is 0 Å². The molecule has 0 bridgehead atoms. The van der Waals surface area contributed by atoms with E-state index >= 15 is 0 Å². The number of imidazole rings is 1. The summed E-state index contributed by atoms with van der Waals surface area (Å²) in [6, 6.07) is 7.06. The molecular formula is C17H20BrN7O2. The van der Waals surface area contributed by atoms with E-state index in [1.54, 1.807) is 31.4 Å². The Bertz CT molecular complexity index is 999. The minimum Gasteiger partial charge on any atom is -0.493 e. The number of aromatic hydroxyl groups is 1. The molecule has 0 aliphatic rings. The van der Waals surface area contributed by atoms with Crippen molar-refractivity contribution in [1.29, 1.82) is 0 Å². The highest BCUT2D eigenvalue weighted by atomic mass is 79.9. The molecule has 5 N–H and O–H groups in total. The molecule has 0 aliphatic carbocycles. The first-order valence-electron chi connectivity index (χ1n) is 8.31. The quantitative estimate of drug-likeness (QED) is 0.419. The Hall–Kier alpha value is -2.85. The molecule has 3 rings (SSSR count).